The lowest BCUT2D eigenvalue weighted by molar-refractivity contribution is 1.19. The number of hydrogen-bond acceptors (Lipinski definition) is 2. The zero-order valence-electron chi connectivity index (χ0n) is 27.6. The molecule has 3 nitrogen and oxygen atoms in total. The standard InChI is InChI=1S/C48H29N3/c1-2-9-30(10-3-1)33-20-25-46-43(27-33)40-14-6-7-15-45(40)51(46)35-21-23-39-41-28-34(18-22-38(41)36-12-4-5-13-37(36)42(39)29-35)44-24-19-32-17-16-31-11-8-26-49-47(31)48(32)50-44/h1-29H. The summed E-state index contributed by atoms with van der Waals surface area (Å²) in [6, 6.07) is 61.5. The van der Waals surface area contributed by atoms with Gasteiger partial charge in [0.1, 0.15) is 0 Å². The van der Waals surface area contributed by atoms with Crippen LogP contribution in [0.5, 0.6) is 0 Å². The van der Waals surface area contributed by atoms with Crippen molar-refractivity contribution in [2.45, 2.75) is 0 Å². The first-order chi connectivity index (χ1) is 25.3. The highest BCUT2D eigenvalue weighted by Crippen LogP contribution is 2.40. The Labute approximate surface area is 293 Å². The van der Waals surface area contributed by atoms with Gasteiger partial charge < -0.3 is 4.57 Å². The average Bonchev–Trinajstić information content (AvgIpc) is 3.54. The summed E-state index contributed by atoms with van der Waals surface area (Å²) in [5.41, 5.74) is 9.91. The molecule has 8 aromatic carbocycles. The zero-order chi connectivity index (χ0) is 33.5. The molecule has 0 aliphatic rings. The molecule has 236 valence electrons. The molecule has 0 amide bonds. The second-order valence-corrected chi connectivity index (χ2v) is 13.4. The molecule has 0 unspecified atom stereocenters. The van der Waals surface area contributed by atoms with Crippen LogP contribution in [0, 0.1) is 0 Å². The molecule has 3 aromatic heterocycles. The van der Waals surface area contributed by atoms with Crippen LogP contribution in [-0.2, 0) is 0 Å². The van der Waals surface area contributed by atoms with E-state index in [2.05, 4.69) is 173 Å². The highest BCUT2D eigenvalue weighted by Gasteiger charge is 2.16. The Kier molecular flexibility index (Phi) is 5.96. The maximum atomic E-state index is 5.19. The van der Waals surface area contributed by atoms with E-state index < -0.39 is 0 Å². The van der Waals surface area contributed by atoms with E-state index in [1.165, 1.54) is 65.3 Å². The lowest BCUT2D eigenvalue weighted by atomic mass is 9.92. The minimum atomic E-state index is 0.931. The number of nitrogens with zero attached hydrogens (tertiary/aromatic N) is 3. The van der Waals surface area contributed by atoms with E-state index in [1.54, 1.807) is 0 Å². The first-order valence-corrected chi connectivity index (χ1v) is 17.4. The number of para-hydroxylation sites is 1. The van der Waals surface area contributed by atoms with E-state index in [4.69, 9.17) is 4.98 Å². The van der Waals surface area contributed by atoms with Crippen LogP contribution >= 0.6 is 0 Å². The molecule has 3 heteroatoms. The van der Waals surface area contributed by atoms with Crippen LogP contribution in [-0.4, -0.2) is 14.5 Å². The molecule has 0 aliphatic heterocycles. The summed E-state index contributed by atoms with van der Waals surface area (Å²) in [5, 5.41) is 12.1. The van der Waals surface area contributed by atoms with Crippen molar-refractivity contribution < 1.29 is 0 Å². The molecule has 0 spiro atoms. The molecule has 3 heterocycles. The lowest BCUT2D eigenvalue weighted by Crippen LogP contribution is -1.95. The molecule has 0 aliphatic carbocycles. The normalized spacial score (nSPS) is 11.9. The molecule has 0 N–H and O–H groups in total. The van der Waals surface area contributed by atoms with E-state index in [9.17, 15) is 0 Å². The second kappa shape index (κ2) is 10.8. The van der Waals surface area contributed by atoms with Crippen molar-refractivity contribution in [3.05, 3.63) is 176 Å². The lowest BCUT2D eigenvalue weighted by Gasteiger charge is -2.15. The third-order valence-corrected chi connectivity index (χ3v) is 10.6. The van der Waals surface area contributed by atoms with E-state index in [0.717, 1.165) is 38.8 Å². The number of fused-ring (bicyclic) bond motifs is 12. The molecule has 0 radical (unpaired) electrons. The summed E-state index contributed by atoms with van der Waals surface area (Å²) in [4.78, 5) is 9.88. The number of pyridine rings is 2. The Bertz CT molecular complexity index is 3190. The van der Waals surface area contributed by atoms with Gasteiger partial charge in [-0.15, -0.1) is 0 Å². The molecule has 0 bridgehead atoms. The molecule has 11 rings (SSSR count). The molecular formula is C48H29N3. The number of rotatable bonds is 3. The smallest absolute Gasteiger partial charge is 0.0972 e. The Morgan fingerprint density at radius 2 is 0.980 bits per heavy atom. The second-order valence-electron chi connectivity index (χ2n) is 13.4. The van der Waals surface area contributed by atoms with Gasteiger partial charge in [-0.2, -0.15) is 0 Å². The molecule has 0 fully saturated rings. The fraction of sp³-hybridized carbons (Fsp3) is 0. The molecule has 11 aromatic rings. The van der Waals surface area contributed by atoms with Crippen molar-refractivity contribution in [2.75, 3.05) is 0 Å². The highest BCUT2D eigenvalue weighted by atomic mass is 15.0. The van der Waals surface area contributed by atoms with Gasteiger partial charge in [0.25, 0.3) is 0 Å². The zero-order valence-corrected chi connectivity index (χ0v) is 27.6. The van der Waals surface area contributed by atoms with Gasteiger partial charge in [0, 0.05) is 39.0 Å². The summed E-state index contributed by atoms with van der Waals surface area (Å²) in [5.74, 6) is 0. The van der Waals surface area contributed by atoms with Crippen molar-refractivity contribution >= 4 is 75.9 Å². The van der Waals surface area contributed by atoms with Gasteiger partial charge >= 0.3 is 0 Å². The van der Waals surface area contributed by atoms with Crippen LogP contribution in [0.1, 0.15) is 0 Å². The van der Waals surface area contributed by atoms with E-state index in [0.29, 0.717) is 0 Å². The molecule has 0 atom stereocenters. The summed E-state index contributed by atoms with van der Waals surface area (Å²) in [7, 11) is 0. The van der Waals surface area contributed by atoms with E-state index >= 15 is 0 Å². The summed E-state index contributed by atoms with van der Waals surface area (Å²) in [6.07, 6.45) is 1.85. The Morgan fingerprint density at radius 1 is 0.353 bits per heavy atom. The molecule has 51 heavy (non-hydrogen) atoms. The average molecular weight is 648 g/mol. The van der Waals surface area contributed by atoms with Crippen molar-refractivity contribution in [1.29, 1.82) is 0 Å². The predicted octanol–water partition coefficient (Wildman–Crippen LogP) is 12.7. The van der Waals surface area contributed by atoms with Crippen LogP contribution in [0.3, 0.4) is 0 Å². The Morgan fingerprint density at radius 3 is 1.86 bits per heavy atom. The molecular weight excluding hydrogens is 619 g/mol. The van der Waals surface area contributed by atoms with Crippen molar-refractivity contribution in [1.82, 2.24) is 14.5 Å². The number of hydrogen-bond donors (Lipinski definition) is 0. The quantitative estimate of drug-likeness (QED) is 0.179. The van der Waals surface area contributed by atoms with Crippen molar-refractivity contribution in [3.63, 3.8) is 0 Å². The largest absolute Gasteiger partial charge is 0.309 e. The summed E-state index contributed by atoms with van der Waals surface area (Å²) >= 11 is 0. The first kappa shape index (κ1) is 28.0. The summed E-state index contributed by atoms with van der Waals surface area (Å²) < 4.78 is 2.42. The van der Waals surface area contributed by atoms with Gasteiger partial charge in [-0.1, -0.05) is 121 Å². The van der Waals surface area contributed by atoms with Crippen LogP contribution < -0.4 is 0 Å². The van der Waals surface area contributed by atoms with Crippen LogP contribution in [0.25, 0.3) is 104 Å². The van der Waals surface area contributed by atoms with Crippen LogP contribution in [0.2, 0.25) is 0 Å². The first-order valence-electron chi connectivity index (χ1n) is 17.4. The van der Waals surface area contributed by atoms with E-state index in [1.807, 2.05) is 12.3 Å². The van der Waals surface area contributed by atoms with Gasteiger partial charge in [0.2, 0.25) is 0 Å². The van der Waals surface area contributed by atoms with E-state index in [-0.39, 0.29) is 0 Å². The highest BCUT2D eigenvalue weighted by molar-refractivity contribution is 6.26. The number of aromatic nitrogens is 3. The van der Waals surface area contributed by atoms with Crippen LogP contribution in [0.4, 0.5) is 0 Å². The molecule has 0 saturated heterocycles. The maximum Gasteiger partial charge on any atom is 0.0972 e. The Hall–Kier alpha value is -6.84. The third kappa shape index (κ3) is 4.25. The predicted molar refractivity (Wildman–Crippen MR) is 215 cm³/mol. The maximum absolute atomic E-state index is 5.19. The number of benzene rings is 8. The van der Waals surface area contributed by atoms with Crippen molar-refractivity contribution in [2.24, 2.45) is 0 Å². The fourth-order valence-corrected chi connectivity index (χ4v) is 8.19. The molecule has 0 saturated carbocycles. The topological polar surface area (TPSA) is 30.7 Å². The van der Waals surface area contributed by atoms with Gasteiger partial charge in [-0.25, -0.2) is 4.98 Å². The van der Waals surface area contributed by atoms with Gasteiger partial charge in [-0.3, -0.25) is 4.98 Å². The third-order valence-electron chi connectivity index (χ3n) is 10.6. The SMILES string of the molecule is c1ccc(-c2ccc3c(c2)c2ccccc2n3-c2ccc3c4cc(-c5ccc6ccc7cccnc7c6n5)ccc4c4ccccc4c3c2)cc1. The van der Waals surface area contributed by atoms with Crippen molar-refractivity contribution in [3.8, 4) is 28.1 Å². The van der Waals surface area contributed by atoms with Gasteiger partial charge in [-0.05, 0) is 92.0 Å². The minimum Gasteiger partial charge on any atom is -0.309 e. The monoisotopic (exact) mass is 647 g/mol. The minimum absolute atomic E-state index is 0.931. The van der Waals surface area contributed by atoms with Gasteiger partial charge in [0.15, 0.2) is 0 Å². The fourth-order valence-electron chi connectivity index (χ4n) is 8.19. The Balaban J connectivity index is 1.14. The van der Waals surface area contributed by atoms with Crippen LogP contribution in [0.15, 0.2) is 176 Å². The van der Waals surface area contributed by atoms with Gasteiger partial charge in [0.05, 0.1) is 27.8 Å². The summed E-state index contributed by atoms with van der Waals surface area (Å²) in [6.45, 7) is 0.